The lowest BCUT2D eigenvalue weighted by Crippen LogP contribution is -2.41. The Morgan fingerprint density at radius 2 is 2.23 bits per heavy atom. The van der Waals surface area contributed by atoms with Gasteiger partial charge in [0.15, 0.2) is 5.96 Å². The van der Waals surface area contributed by atoms with Gasteiger partial charge in [0.05, 0.1) is 12.3 Å². The predicted octanol–water partition coefficient (Wildman–Crippen LogP) is 3.29. The molecule has 1 fully saturated rings. The quantitative estimate of drug-likeness (QED) is 0.599. The van der Waals surface area contributed by atoms with Crippen LogP contribution in [0.5, 0.6) is 0 Å². The van der Waals surface area contributed by atoms with E-state index in [-0.39, 0.29) is 0 Å². The number of thiazole rings is 1. The molecule has 0 bridgehead atoms. The van der Waals surface area contributed by atoms with E-state index in [0.29, 0.717) is 5.92 Å². The fourth-order valence-corrected chi connectivity index (χ4v) is 3.94. The standard InChI is InChI=1S/C20H28N4OS/c1-3-21-20(24(2)13-16-10-12-25-14-16)22-11-9-18-15-26-19(23-18)17-7-5-4-6-8-17/h4-8,15-16H,3,9-14H2,1-2H3,(H,21,22). The fourth-order valence-electron chi connectivity index (χ4n) is 3.08. The zero-order chi connectivity index (χ0) is 18.2. The highest BCUT2D eigenvalue weighted by Crippen LogP contribution is 2.23. The van der Waals surface area contributed by atoms with Crippen molar-refractivity contribution >= 4 is 17.3 Å². The monoisotopic (exact) mass is 372 g/mol. The van der Waals surface area contributed by atoms with E-state index in [0.717, 1.165) is 62.4 Å². The minimum Gasteiger partial charge on any atom is -0.381 e. The molecule has 1 saturated heterocycles. The maximum atomic E-state index is 5.48. The summed E-state index contributed by atoms with van der Waals surface area (Å²) in [6.07, 6.45) is 2.00. The van der Waals surface area contributed by atoms with Gasteiger partial charge in [0.1, 0.15) is 5.01 Å². The maximum absolute atomic E-state index is 5.48. The van der Waals surface area contributed by atoms with Crippen molar-refractivity contribution in [3.05, 3.63) is 41.4 Å². The maximum Gasteiger partial charge on any atom is 0.193 e. The van der Waals surface area contributed by atoms with Crippen LogP contribution in [0.4, 0.5) is 0 Å². The molecule has 0 saturated carbocycles. The first-order valence-electron chi connectivity index (χ1n) is 9.33. The van der Waals surface area contributed by atoms with Crippen molar-refractivity contribution in [3.8, 4) is 10.6 Å². The number of nitrogens with one attached hydrogen (secondary N) is 1. The van der Waals surface area contributed by atoms with Gasteiger partial charge in [0.25, 0.3) is 0 Å². The van der Waals surface area contributed by atoms with Crippen molar-refractivity contribution < 1.29 is 4.74 Å². The molecule has 0 aliphatic carbocycles. The summed E-state index contributed by atoms with van der Waals surface area (Å²) in [7, 11) is 2.11. The summed E-state index contributed by atoms with van der Waals surface area (Å²) in [6, 6.07) is 10.3. The third-order valence-electron chi connectivity index (χ3n) is 4.45. The molecule has 0 amide bonds. The molecule has 1 unspecified atom stereocenters. The zero-order valence-electron chi connectivity index (χ0n) is 15.6. The summed E-state index contributed by atoms with van der Waals surface area (Å²) < 4.78 is 5.48. The number of rotatable bonds is 7. The van der Waals surface area contributed by atoms with E-state index in [1.54, 1.807) is 11.3 Å². The Bertz CT molecular complexity index is 695. The van der Waals surface area contributed by atoms with Crippen LogP contribution in [-0.2, 0) is 11.2 Å². The fraction of sp³-hybridized carbons (Fsp3) is 0.500. The van der Waals surface area contributed by atoms with Gasteiger partial charge >= 0.3 is 0 Å². The van der Waals surface area contributed by atoms with E-state index in [9.17, 15) is 0 Å². The molecule has 6 heteroatoms. The summed E-state index contributed by atoms with van der Waals surface area (Å²) in [5.41, 5.74) is 2.29. The normalized spacial score (nSPS) is 17.5. The van der Waals surface area contributed by atoms with E-state index >= 15 is 0 Å². The topological polar surface area (TPSA) is 49.8 Å². The lowest BCUT2D eigenvalue weighted by Gasteiger charge is -2.24. The highest BCUT2D eigenvalue weighted by atomic mass is 32.1. The van der Waals surface area contributed by atoms with E-state index < -0.39 is 0 Å². The van der Waals surface area contributed by atoms with Crippen LogP contribution in [0, 0.1) is 5.92 Å². The minimum absolute atomic E-state index is 0.607. The van der Waals surface area contributed by atoms with Crippen LogP contribution in [0.25, 0.3) is 10.6 Å². The van der Waals surface area contributed by atoms with Gasteiger partial charge in [-0.15, -0.1) is 11.3 Å². The molecular formula is C20H28N4OS. The SMILES string of the molecule is CCNC(=NCCc1csc(-c2ccccc2)n1)N(C)CC1CCOC1. The Morgan fingerprint density at radius 3 is 2.96 bits per heavy atom. The van der Waals surface area contributed by atoms with Gasteiger partial charge in [0, 0.05) is 56.6 Å². The Balaban J connectivity index is 1.55. The van der Waals surface area contributed by atoms with Crippen LogP contribution in [-0.4, -0.2) is 55.7 Å². The second-order valence-corrected chi connectivity index (χ2v) is 7.46. The molecule has 1 aliphatic heterocycles. The van der Waals surface area contributed by atoms with Gasteiger partial charge in [-0.3, -0.25) is 4.99 Å². The third-order valence-corrected chi connectivity index (χ3v) is 5.39. The van der Waals surface area contributed by atoms with Gasteiger partial charge in [-0.1, -0.05) is 30.3 Å². The lowest BCUT2D eigenvalue weighted by atomic mass is 10.1. The van der Waals surface area contributed by atoms with Crippen LogP contribution in [0.15, 0.2) is 40.7 Å². The summed E-state index contributed by atoms with van der Waals surface area (Å²) >= 11 is 1.70. The highest BCUT2D eigenvalue weighted by molar-refractivity contribution is 7.13. The zero-order valence-corrected chi connectivity index (χ0v) is 16.5. The number of guanidine groups is 1. The summed E-state index contributed by atoms with van der Waals surface area (Å²) in [6.45, 7) is 6.46. The number of hydrogen-bond acceptors (Lipinski definition) is 4. The van der Waals surface area contributed by atoms with E-state index in [1.807, 2.05) is 6.07 Å². The minimum atomic E-state index is 0.607. The molecule has 2 heterocycles. The first kappa shape index (κ1) is 18.9. The molecule has 0 radical (unpaired) electrons. The molecule has 1 aromatic heterocycles. The van der Waals surface area contributed by atoms with Crippen molar-refractivity contribution in [2.24, 2.45) is 10.9 Å². The number of nitrogens with zero attached hydrogens (tertiary/aromatic N) is 3. The molecule has 1 N–H and O–H groups in total. The number of ether oxygens (including phenoxy) is 1. The number of benzene rings is 1. The molecule has 140 valence electrons. The first-order chi connectivity index (χ1) is 12.8. The number of aromatic nitrogens is 1. The van der Waals surface area contributed by atoms with Crippen molar-refractivity contribution in [2.75, 3.05) is 39.9 Å². The predicted molar refractivity (Wildman–Crippen MR) is 109 cm³/mol. The Morgan fingerprint density at radius 1 is 1.38 bits per heavy atom. The smallest absolute Gasteiger partial charge is 0.193 e. The average Bonchev–Trinajstić information content (AvgIpc) is 3.34. The summed E-state index contributed by atoms with van der Waals surface area (Å²) in [5.74, 6) is 1.58. The van der Waals surface area contributed by atoms with Gasteiger partial charge in [-0.25, -0.2) is 4.98 Å². The molecule has 1 atom stereocenters. The van der Waals surface area contributed by atoms with E-state index in [1.165, 1.54) is 5.56 Å². The summed E-state index contributed by atoms with van der Waals surface area (Å²) in [4.78, 5) is 11.8. The van der Waals surface area contributed by atoms with Crippen LogP contribution in [0.3, 0.4) is 0 Å². The highest BCUT2D eigenvalue weighted by Gasteiger charge is 2.19. The van der Waals surface area contributed by atoms with Crippen molar-refractivity contribution in [2.45, 2.75) is 19.8 Å². The molecule has 5 nitrogen and oxygen atoms in total. The second-order valence-electron chi connectivity index (χ2n) is 6.61. The van der Waals surface area contributed by atoms with Crippen LogP contribution in [0.1, 0.15) is 19.0 Å². The van der Waals surface area contributed by atoms with E-state index in [2.05, 4.69) is 53.8 Å². The van der Waals surface area contributed by atoms with Gasteiger partial charge in [0.2, 0.25) is 0 Å². The molecular weight excluding hydrogens is 344 g/mol. The van der Waals surface area contributed by atoms with Crippen molar-refractivity contribution in [3.63, 3.8) is 0 Å². The molecule has 1 aromatic carbocycles. The van der Waals surface area contributed by atoms with Gasteiger partial charge < -0.3 is 15.0 Å². The van der Waals surface area contributed by atoms with Gasteiger partial charge in [-0.2, -0.15) is 0 Å². The molecule has 3 rings (SSSR count). The third kappa shape index (κ3) is 5.29. The van der Waals surface area contributed by atoms with Crippen molar-refractivity contribution in [1.82, 2.24) is 15.2 Å². The lowest BCUT2D eigenvalue weighted by molar-refractivity contribution is 0.181. The van der Waals surface area contributed by atoms with Crippen LogP contribution >= 0.6 is 11.3 Å². The van der Waals surface area contributed by atoms with Crippen molar-refractivity contribution in [1.29, 1.82) is 0 Å². The molecule has 0 spiro atoms. The average molecular weight is 373 g/mol. The molecule has 1 aliphatic rings. The first-order valence-corrected chi connectivity index (χ1v) is 10.2. The Kier molecular flexibility index (Phi) is 7.03. The largest absolute Gasteiger partial charge is 0.381 e. The number of aliphatic imine (C=N–C) groups is 1. The van der Waals surface area contributed by atoms with Crippen LogP contribution in [0.2, 0.25) is 0 Å². The van der Waals surface area contributed by atoms with Gasteiger partial charge in [-0.05, 0) is 13.3 Å². The summed E-state index contributed by atoms with van der Waals surface area (Å²) in [5, 5.41) is 6.61. The molecule has 2 aromatic rings. The number of hydrogen-bond donors (Lipinski definition) is 1. The second kappa shape index (κ2) is 9.69. The van der Waals surface area contributed by atoms with E-state index in [4.69, 9.17) is 14.7 Å². The Labute approximate surface area is 160 Å². The van der Waals surface area contributed by atoms with Crippen LogP contribution < -0.4 is 5.32 Å². The molecule has 26 heavy (non-hydrogen) atoms. The Hall–Kier alpha value is -1.92.